The quantitative estimate of drug-likeness (QED) is 0.939. The number of piperazine rings is 1. The maximum atomic E-state index is 6.01. The van der Waals surface area contributed by atoms with E-state index in [1.54, 1.807) is 0 Å². The van der Waals surface area contributed by atoms with Gasteiger partial charge in [0.25, 0.3) is 0 Å². The summed E-state index contributed by atoms with van der Waals surface area (Å²) in [7, 11) is 2.20. The van der Waals surface area contributed by atoms with Crippen molar-refractivity contribution < 1.29 is 4.42 Å². The van der Waals surface area contributed by atoms with Gasteiger partial charge in [-0.25, -0.2) is 4.98 Å². The van der Waals surface area contributed by atoms with Crippen LogP contribution in [0, 0.1) is 0 Å². The second kappa shape index (κ2) is 6.59. The molecule has 5 nitrogen and oxygen atoms in total. The van der Waals surface area contributed by atoms with E-state index < -0.39 is 0 Å². The van der Waals surface area contributed by atoms with E-state index >= 15 is 0 Å². The summed E-state index contributed by atoms with van der Waals surface area (Å²) in [6, 6.07) is 6.50. The average Bonchev–Trinajstić information content (AvgIpc) is 3.01. The van der Waals surface area contributed by atoms with Gasteiger partial charge in [-0.3, -0.25) is 4.90 Å². The standard InChI is InChI=1S/C18H26N4O/c1-21-8-10-22(11-9-21)13-14-2-3-17-16(12-14)20-18(23-17)15-4-6-19-7-5-15/h2-3,12,15,19H,4-11,13H2,1H3. The Morgan fingerprint density at radius 1 is 1.17 bits per heavy atom. The zero-order chi connectivity index (χ0) is 15.6. The van der Waals surface area contributed by atoms with Crippen LogP contribution in [0.1, 0.15) is 30.2 Å². The molecule has 3 heterocycles. The topological polar surface area (TPSA) is 44.5 Å². The Balaban J connectivity index is 1.49. The Morgan fingerprint density at radius 3 is 2.74 bits per heavy atom. The zero-order valence-electron chi connectivity index (χ0n) is 13.9. The molecule has 1 N–H and O–H groups in total. The molecule has 2 aromatic rings. The van der Waals surface area contributed by atoms with E-state index in [0.717, 1.165) is 75.6 Å². The minimum absolute atomic E-state index is 0.477. The van der Waals surface area contributed by atoms with Gasteiger partial charge < -0.3 is 14.6 Å². The summed E-state index contributed by atoms with van der Waals surface area (Å²) in [6.07, 6.45) is 2.25. The van der Waals surface area contributed by atoms with Gasteiger partial charge in [0.05, 0.1) is 0 Å². The maximum absolute atomic E-state index is 6.01. The number of nitrogens with one attached hydrogen (secondary N) is 1. The second-order valence-electron chi connectivity index (χ2n) is 6.96. The highest BCUT2D eigenvalue weighted by atomic mass is 16.3. The van der Waals surface area contributed by atoms with Gasteiger partial charge >= 0.3 is 0 Å². The molecule has 2 aliphatic rings. The fourth-order valence-corrected chi connectivity index (χ4v) is 3.60. The number of hydrogen-bond acceptors (Lipinski definition) is 5. The summed E-state index contributed by atoms with van der Waals surface area (Å²) in [4.78, 5) is 9.70. The smallest absolute Gasteiger partial charge is 0.198 e. The summed E-state index contributed by atoms with van der Waals surface area (Å²) >= 11 is 0. The number of likely N-dealkylation sites (N-methyl/N-ethyl adjacent to an activating group) is 1. The number of hydrogen-bond donors (Lipinski definition) is 1. The van der Waals surface area contributed by atoms with Crippen molar-refractivity contribution >= 4 is 11.1 Å². The van der Waals surface area contributed by atoms with Crippen LogP contribution in [0.25, 0.3) is 11.1 Å². The zero-order valence-corrected chi connectivity index (χ0v) is 13.9. The minimum atomic E-state index is 0.477. The third kappa shape index (κ3) is 3.42. The molecule has 0 aliphatic carbocycles. The molecule has 124 valence electrons. The number of oxazole rings is 1. The number of aromatic nitrogens is 1. The second-order valence-corrected chi connectivity index (χ2v) is 6.96. The van der Waals surface area contributed by atoms with Gasteiger partial charge in [-0.1, -0.05) is 6.07 Å². The Morgan fingerprint density at radius 2 is 1.96 bits per heavy atom. The third-order valence-corrected chi connectivity index (χ3v) is 5.16. The van der Waals surface area contributed by atoms with Crippen LogP contribution in [0.4, 0.5) is 0 Å². The molecule has 4 rings (SSSR count). The molecule has 2 aliphatic heterocycles. The summed E-state index contributed by atoms with van der Waals surface area (Å²) in [6.45, 7) is 7.76. The maximum Gasteiger partial charge on any atom is 0.198 e. The summed E-state index contributed by atoms with van der Waals surface area (Å²) < 4.78 is 6.01. The molecule has 0 saturated carbocycles. The van der Waals surface area contributed by atoms with Crippen LogP contribution in [-0.4, -0.2) is 61.1 Å². The molecule has 0 unspecified atom stereocenters. The first kappa shape index (κ1) is 15.1. The van der Waals surface area contributed by atoms with Crippen LogP contribution in [0.15, 0.2) is 22.6 Å². The first-order chi connectivity index (χ1) is 11.3. The van der Waals surface area contributed by atoms with E-state index in [9.17, 15) is 0 Å². The average molecular weight is 314 g/mol. The third-order valence-electron chi connectivity index (χ3n) is 5.16. The molecular formula is C18H26N4O. The van der Waals surface area contributed by atoms with Crippen molar-refractivity contribution in [2.45, 2.75) is 25.3 Å². The lowest BCUT2D eigenvalue weighted by molar-refractivity contribution is 0.148. The van der Waals surface area contributed by atoms with E-state index in [1.165, 1.54) is 5.56 Å². The van der Waals surface area contributed by atoms with Gasteiger partial charge in [-0.15, -0.1) is 0 Å². The van der Waals surface area contributed by atoms with E-state index in [0.29, 0.717) is 5.92 Å². The van der Waals surface area contributed by atoms with Crippen LogP contribution in [0.3, 0.4) is 0 Å². The normalized spacial score (nSPS) is 22.0. The first-order valence-corrected chi connectivity index (χ1v) is 8.79. The van der Waals surface area contributed by atoms with Gasteiger partial charge in [-0.2, -0.15) is 0 Å². The van der Waals surface area contributed by atoms with Gasteiger partial charge in [-0.05, 0) is 50.7 Å². The number of nitrogens with zero attached hydrogens (tertiary/aromatic N) is 3. The fourth-order valence-electron chi connectivity index (χ4n) is 3.60. The molecule has 0 bridgehead atoms. The van der Waals surface area contributed by atoms with E-state index in [4.69, 9.17) is 9.40 Å². The lowest BCUT2D eigenvalue weighted by Crippen LogP contribution is -2.43. The van der Waals surface area contributed by atoms with Crippen molar-refractivity contribution in [2.24, 2.45) is 0 Å². The van der Waals surface area contributed by atoms with Crippen molar-refractivity contribution in [3.63, 3.8) is 0 Å². The van der Waals surface area contributed by atoms with Gasteiger partial charge in [0, 0.05) is 38.6 Å². The molecule has 1 aromatic carbocycles. The van der Waals surface area contributed by atoms with Crippen molar-refractivity contribution in [3.05, 3.63) is 29.7 Å². The van der Waals surface area contributed by atoms with Gasteiger partial charge in [0.2, 0.25) is 0 Å². The summed E-state index contributed by atoms with van der Waals surface area (Å²) in [5.41, 5.74) is 3.29. The number of rotatable bonds is 3. The Labute approximate surface area is 137 Å². The molecule has 23 heavy (non-hydrogen) atoms. The first-order valence-electron chi connectivity index (χ1n) is 8.79. The van der Waals surface area contributed by atoms with Gasteiger partial charge in [0.1, 0.15) is 5.52 Å². The Kier molecular flexibility index (Phi) is 4.33. The highest BCUT2D eigenvalue weighted by Crippen LogP contribution is 2.28. The van der Waals surface area contributed by atoms with Crippen LogP contribution >= 0.6 is 0 Å². The van der Waals surface area contributed by atoms with Crippen molar-refractivity contribution in [2.75, 3.05) is 46.3 Å². The molecule has 1 aromatic heterocycles. The number of piperidine rings is 1. The summed E-state index contributed by atoms with van der Waals surface area (Å²) in [5.74, 6) is 1.41. The molecule has 5 heteroatoms. The largest absolute Gasteiger partial charge is 0.440 e. The van der Waals surface area contributed by atoms with Crippen molar-refractivity contribution in [1.82, 2.24) is 20.1 Å². The Bertz CT molecular complexity index is 654. The molecule has 2 saturated heterocycles. The molecule has 0 radical (unpaired) electrons. The van der Waals surface area contributed by atoms with Crippen LogP contribution in [0.2, 0.25) is 0 Å². The van der Waals surface area contributed by atoms with Crippen LogP contribution < -0.4 is 5.32 Å². The monoisotopic (exact) mass is 314 g/mol. The number of benzene rings is 1. The van der Waals surface area contributed by atoms with E-state index in [-0.39, 0.29) is 0 Å². The highest BCUT2D eigenvalue weighted by molar-refractivity contribution is 5.73. The molecule has 0 amide bonds. The molecule has 0 atom stereocenters. The van der Waals surface area contributed by atoms with E-state index in [1.807, 2.05) is 0 Å². The highest BCUT2D eigenvalue weighted by Gasteiger charge is 2.21. The van der Waals surface area contributed by atoms with Crippen LogP contribution in [0.5, 0.6) is 0 Å². The lowest BCUT2D eigenvalue weighted by Gasteiger charge is -2.32. The SMILES string of the molecule is CN1CCN(Cc2ccc3oc(C4CCNCC4)nc3c2)CC1. The molecule has 0 spiro atoms. The van der Waals surface area contributed by atoms with E-state index in [2.05, 4.69) is 40.4 Å². The number of fused-ring (bicyclic) bond motifs is 1. The minimum Gasteiger partial charge on any atom is -0.440 e. The Hall–Kier alpha value is -1.43. The van der Waals surface area contributed by atoms with Crippen LogP contribution in [-0.2, 0) is 6.54 Å². The summed E-state index contributed by atoms with van der Waals surface area (Å²) in [5, 5.41) is 3.40. The molecule has 2 fully saturated rings. The lowest BCUT2D eigenvalue weighted by atomic mass is 9.98. The van der Waals surface area contributed by atoms with Crippen molar-refractivity contribution in [1.29, 1.82) is 0 Å². The molecular weight excluding hydrogens is 288 g/mol. The predicted octanol–water partition coefficient (Wildman–Crippen LogP) is 2.04. The fraction of sp³-hybridized carbons (Fsp3) is 0.611. The van der Waals surface area contributed by atoms with Crippen molar-refractivity contribution in [3.8, 4) is 0 Å². The predicted molar refractivity (Wildman–Crippen MR) is 91.6 cm³/mol. The van der Waals surface area contributed by atoms with Gasteiger partial charge in [0.15, 0.2) is 11.5 Å².